The highest BCUT2D eigenvalue weighted by molar-refractivity contribution is 5.87. The molecule has 1 aromatic rings. The minimum absolute atomic E-state index is 0.0263. The summed E-state index contributed by atoms with van der Waals surface area (Å²) in [6.07, 6.45) is 5.21. The van der Waals surface area contributed by atoms with E-state index in [2.05, 4.69) is 16.0 Å². The Morgan fingerprint density at radius 1 is 1.02 bits per heavy atom. The Kier molecular flexibility index (Phi) is 17.3. The summed E-state index contributed by atoms with van der Waals surface area (Å²) in [4.78, 5) is 51.2. The minimum Gasteiger partial charge on any atom is -0.387 e. The van der Waals surface area contributed by atoms with Gasteiger partial charge in [-0.15, -0.1) is 0 Å². The average Bonchev–Trinajstić information content (AvgIpc) is 2.99. The Morgan fingerprint density at radius 3 is 2.20 bits per heavy atom. The Bertz CT molecular complexity index is 1250. The van der Waals surface area contributed by atoms with Crippen molar-refractivity contribution < 1.29 is 33.1 Å². The number of hydrogen-bond acceptors (Lipinski definition) is 7. The molecular formula is C33H52F2N6O5. The van der Waals surface area contributed by atoms with Crippen molar-refractivity contribution in [1.29, 1.82) is 0 Å². The number of nitrogens with one attached hydrogen (secondary N) is 3. The molecule has 0 heterocycles. The third-order valence-corrected chi connectivity index (χ3v) is 7.33. The van der Waals surface area contributed by atoms with E-state index in [0.29, 0.717) is 30.5 Å². The summed E-state index contributed by atoms with van der Waals surface area (Å²) in [5, 5.41) is 17.8. The number of carbonyl (C=O) groups is 4. The maximum absolute atomic E-state index is 14.6. The van der Waals surface area contributed by atoms with Crippen LogP contribution < -0.4 is 27.4 Å². The van der Waals surface area contributed by atoms with Crippen molar-refractivity contribution >= 4 is 29.2 Å². The Balaban J connectivity index is 2.96. The predicted molar refractivity (Wildman–Crippen MR) is 175 cm³/mol. The average molecular weight is 651 g/mol. The van der Waals surface area contributed by atoms with Crippen molar-refractivity contribution in [1.82, 2.24) is 20.9 Å². The molecule has 0 aromatic heterocycles. The first-order valence-electron chi connectivity index (χ1n) is 15.6. The molecule has 0 saturated heterocycles. The van der Waals surface area contributed by atoms with Crippen LogP contribution in [0.5, 0.6) is 0 Å². The number of aliphatic hydroxyl groups is 1. The molecule has 0 saturated carbocycles. The van der Waals surface area contributed by atoms with Crippen LogP contribution in [0.25, 0.3) is 5.57 Å². The molecule has 13 heteroatoms. The molecule has 4 amide bonds. The summed E-state index contributed by atoms with van der Waals surface area (Å²) in [6.45, 7) is 10.4. The second-order valence-electron chi connectivity index (χ2n) is 12.3. The number of unbranched alkanes of at least 4 members (excludes halogenated alkanes) is 1. The molecule has 46 heavy (non-hydrogen) atoms. The number of amides is 4. The maximum Gasteiger partial charge on any atom is 0.248 e. The summed E-state index contributed by atoms with van der Waals surface area (Å²) >= 11 is 0. The van der Waals surface area contributed by atoms with Gasteiger partial charge in [-0.25, -0.2) is 8.78 Å². The van der Waals surface area contributed by atoms with Gasteiger partial charge in [0.1, 0.15) is 24.3 Å². The fraction of sp³-hybridized carbons (Fsp3) is 0.576. The van der Waals surface area contributed by atoms with E-state index in [1.54, 1.807) is 26.0 Å². The van der Waals surface area contributed by atoms with Crippen molar-refractivity contribution in [2.24, 2.45) is 16.9 Å². The Labute approximate surface area is 271 Å². The first-order valence-corrected chi connectivity index (χ1v) is 15.6. The molecule has 1 rings (SSSR count). The van der Waals surface area contributed by atoms with E-state index >= 15 is 0 Å². The van der Waals surface area contributed by atoms with Gasteiger partial charge < -0.3 is 37.4 Å². The van der Waals surface area contributed by atoms with Crippen LogP contribution in [0.3, 0.4) is 0 Å². The second kappa shape index (κ2) is 19.7. The van der Waals surface area contributed by atoms with Crippen LogP contribution in [0.2, 0.25) is 0 Å². The highest BCUT2D eigenvalue weighted by atomic mass is 19.1. The van der Waals surface area contributed by atoms with E-state index in [1.807, 2.05) is 20.8 Å². The number of allylic oxidation sites excluding steroid dienone is 3. The van der Waals surface area contributed by atoms with Crippen LogP contribution in [-0.2, 0) is 19.2 Å². The minimum atomic E-state index is -1.01. The van der Waals surface area contributed by atoms with Gasteiger partial charge in [0.15, 0.2) is 0 Å². The molecule has 8 N–H and O–H groups in total. The highest BCUT2D eigenvalue weighted by Gasteiger charge is 2.35. The first-order chi connectivity index (χ1) is 21.6. The molecule has 0 radical (unpaired) electrons. The van der Waals surface area contributed by atoms with E-state index < -0.39 is 53.6 Å². The van der Waals surface area contributed by atoms with Crippen molar-refractivity contribution in [2.75, 3.05) is 32.8 Å². The van der Waals surface area contributed by atoms with Gasteiger partial charge in [-0.05, 0) is 80.8 Å². The maximum atomic E-state index is 14.6. The van der Waals surface area contributed by atoms with E-state index in [1.165, 1.54) is 11.8 Å². The van der Waals surface area contributed by atoms with Crippen molar-refractivity contribution in [3.05, 3.63) is 53.1 Å². The lowest BCUT2D eigenvalue weighted by Gasteiger charge is -2.41. The number of nitrogens with two attached hydrogens (primary N) is 2. The summed E-state index contributed by atoms with van der Waals surface area (Å²) in [5.41, 5.74) is 12.2. The van der Waals surface area contributed by atoms with Crippen LogP contribution in [0, 0.1) is 17.0 Å². The van der Waals surface area contributed by atoms with Crippen LogP contribution in [-0.4, -0.2) is 84.5 Å². The smallest absolute Gasteiger partial charge is 0.248 e. The van der Waals surface area contributed by atoms with Gasteiger partial charge in [0, 0.05) is 32.1 Å². The summed E-state index contributed by atoms with van der Waals surface area (Å²) in [5.74, 6) is -2.97. The molecule has 0 fully saturated rings. The summed E-state index contributed by atoms with van der Waals surface area (Å²) < 4.78 is 28.5. The fourth-order valence-electron chi connectivity index (χ4n) is 5.29. The Hall–Kier alpha value is -3.68. The number of aliphatic hydroxyl groups excluding tert-OH is 1. The van der Waals surface area contributed by atoms with Crippen molar-refractivity contribution in [3.8, 4) is 0 Å². The number of rotatable bonds is 18. The van der Waals surface area contributed by atoms with Crippen LogP contribution in [0.4, 0.5) is 8.78 Å². The fourth-order valence-corrected chi connectivity index (χ4v) is 5.29. The summed E-state index contributed by atoms with van der Waals surface area (Å²) in [6, 6.07) is 0.880. The number of halogens is 2. The molecule has 0 spiro atoms. The van der Waals surface area contributed by atoms with Crippen LogP contribution in [0.15, 0.2) is 35.9 Å². The van der Waals surface area contributed by atoms with Crippen LogP contribution in [0.1, 0.15) is 72.8 Å². The molecule has 1 aromatic carbocycles. The van der Waals surface area contributed by atoms with Gasteiger partial charge in [0.25, 0.3) is 0 Å². The first kappa shape index (κ1) is 40.3. The zero-order valence-electron chi connectivity index (χ0n) is 27.9. The summed E-state index contributed by atoms with van der Waals surface area (Å²) in [7, 11) is 0. The molecular weight excluding hydrogens is 598 g/mol. The second-order valence-corrected chi connectivity index (χ2v) is 12.3. The number of nitrogens with zero attached hydrogens (tertiary/aromatic N) is 1. The van der Waals surface area contributed by atoms with Gasteiger partial charge in [-0.1, -0.05) is 32.9 Å². The molecule has 0 aliphatic carbocycles. The zero-order chi connectivity index (χ0) is 35.0. The van der Waals surface area contributed by atoms with E-state index in [4.69, 9.17) is 11.5 Å². The van der Waals surface area contributed by atoms with Gasteiger partial charge in [0.05, 0.1) is 12.1 Å². The monoisotopic (exact) mass is 650 g/mol. The molecule has 3 unspecified atom stereocenters. The Morgan fingerprint density at radius 2 is 1.65 bits per heavy atom. The normalized spacial score (nSPS) is 14.2. The highest BCUT2D eigenvalue weighted by Crippen LogP contribution is 2.33. The van der Waals surface area contributed by atoms with E-state index in [9.17, 15) is 33.1 Å². The van der Waals surface area contributed by atoms with Gasteiger partial charge in [-0.3, -0.25) is 19.2 Å². The van der Waals surface area contributed by atoms with Crippen LogP contribution >= 0.6 is 0 Å². The molecule has 0 aliphatic heterocycles. The van der Waals surface area contributed by atoms with Crippen molar-refractivity contribution in [2.45, 2.75) is 85.4 Å². The number of carbonyl (C=O) groups excluding carboxylic acids is 4. The third kappa shape index (κ3) is 13.4. The van der Waals surface area contributed by atoms with E-state index in [0.717, 1.165) is 24.6 Å². The SMILES string of the molecule is C/C=C(\C=C(/C)C(N(CCC(N)C(=O)NCCNC(=O)C(CCCCN)NC(C)=O)C(=O)CO)C(C)(C)C)c1cc(F)ccc1F. The lowest BCUT2D eigenvalue weighted by Crippen LogP contribution is -2.52. The van der Waals surface area contributed by atoms with E-state index in [-0.39, 0.29) is 43.4 Å². The number of hydrogen-bond donors (Lipinski definition) is 6. The molecule has 258 valence electrons. The zero-order valence-corrected chi connectivity index (χ0v) is 27.9. The lowest BCUT2D eigenvalue weighted by molar-refractivity contribution is -0.138. The van der Waals surface area contributed by atoms with Gasteiger partial charge in [0.2, 0.25) is 23.6 Å². The topological polar surface area (TPSA) is 180 Å². The predicted octanol–water partition coefficient (Wildman–Crippen LogP) is 2.13. The van der Waals surface area contributed by atoms with Gasteiger partial charge in [-0.2, -0.15) is 0 Å². The lowest BCUT2D eigenvalue weighted by atomic mass is 9.80. The largest absolute Gasteiger partial charge is 0.387 e. The molecule has 0 aliphatic rings. The quantitative estimate of drug-likeness (QED) is 0.104. The molecule has 0 bridgehead atoms. The molecule has 11 nitrogen and oxygen atoms in total. The third-order valence-electron chi connectivity index (χ3n) is 7.33. The number of benzene rings is 1. The van der Waals surface area contributed by atoms with Gasteiger partial charge >= 0.3 is 0 Å². The standard InChI is InChI=1S/C33H52F2N6O5/c1-7-23(25-19-24(34)11-12-26(25)35)18-21(2)30(33(4,5)6)41(29(44)20-42)17-13-27(37)31(45)38-15-16-39-32(46)28(40-22(3)43)10-8-9-14-36/h7,11-12,18-19,27-28,30,42H,8-10,13-17,20,36-37H2,1-6H3,(H,38,45)(H,39,46)(H,40,43)/b21-18+,23-7+. The van der Waals surface area contributed by atoms with Crippen molar-refractivity contribution in [3.63, 3.8) is 0 Å². The molecule has 3 atom stereocenters.